The molecule has 0 bridgehead atoms. The number of benzene rings is 1. The molecule has 2 fully saturated rings. The molecule has 0 aromatic heterocycles. The van der Waals surface area contributed by atoms with Gasteiger partial charge in [-0.2, -0.15) is 0 Å². The van der Waals surface area contributed by atoms with Crippen LogP contribution < -0.4 is 0 Å². The van der Waals surface area contributed by atoms with E-state index < -0.39 is 0 Å². The molecule has 2 aliphatic heterocycles. The molecule has 2 saturated heterocycles. The monoisotopic (exact) mass is 233 g/mol. The Bertz CT molecular complexity index is 322. The average molecular weight is 233 g/mol. The number of fused-ring (bicyclic) bond motifs is 1. The molecule has 0 saturated carbocycles. The molecule has 0 aliphatic carbocycles. The van der Waals surface area contributed by atoms with Gasteiger partial charge in [0, 0.05) is 25.6 Å². The van der Waals surface area contributed by atoms with E-state index in [4.69, 9.17) is 0 Å². The van der Waals surface area contributed by atoms with Crippen LogP contribution in [0.2, 0.25) is 0 Å². The van der Waals surface area contributed by atoms with Crippen LogP contribution in [0.4, 0.5) is 0 Å². The van der Waals surface area contributed by atoms with Crippen molar-refractivity contribution in [3.63, 3.8) is 0 Å². The van der Waals surface area contributed by atoms with Crippen LogP contribution in [0.3, 0.4) is 0 Å². The molecule has 94 valence electrons. The summed E-state index contributed by atoms with van der Waals surface area (Å²) in [5, 5.41) is 0. The quantitative estimate of drug-likeness (QED) is 0.732. The van der Waals surface area contributed by atoms with Gasteiger partial charge < -0.3 is 0 Å². The van der Waals surface area contributed by atoms with Crippen molar-refractivity contribution < 1.29 is 4.79 Å². The molecule has 0 spiro atoms. The van der Waals surface area contributed by atoms with Gasteiger partial charge in [-0.05, 0) is 18.9 Å². The molecular formula is C15H23NO. The van der Waals surface area contributed by atoms with Crippen LogP contribution in [0, 0.1) is 0 Å². The molecule has 2 heterocycles. The van der Waals surface area contributed by atoms with Gasteiger partial charge in [0.1, 0.15) is 5.78 Å². The predicted octanol–water partition coefficient (Wildman–Crippen LogP) is 2.92. The first kappa shape index (κ1) is 13.9. The Morgan fingerprint density at radius 3 is 2.18 bits per heavy atom. The maximum absolute atomic E-state index is 10.6. The average Bonchev–Trinajstić information content (AvgIpc) is 2.90. The Balaban J connectivity index is 0.000000170. The molecule has 2 nitrogen and oxygen atoms in total. The van der Waals surface area contributed by atoms with Crippen molar-refractivity contribution in [1.82, 2.24) is 4.90 Å². The van der Waals surface area contributed by atoms with E-state index in [0.29, 0.717) is 6.42 Å². The van der Waals surface area contributed by atoms with Crippen molar-refractivity contribution in [3.8, 4) is 0 Å². The standard InChI is InChI=1S/C9H10O.C4H7N.C2H6/c1-8(10)7-9-5-3-2-4-6-9;1-2-5-3-4(1)5;1-2/h2-6H,7H2,1H3;4H,1-3H2;1-2H3. The van der Waals surface area contributed by atoms with Crippen molar-refractivity contribution in [2.24, 2.45) is 0 Å². The number of Topliss-reactive ketones (excluding diaryl/α,β-unsaturated/α-hetero) is 1. The fraction of sp³-hybridized carbons (Fsp3) is 0.533. The Labute approximate surface area is 105 Å². The van der Waals surface area contributed by atoms with Crippen LogP contribution in [0.15, 0.2) is 30.3 Å². The SMILES string of the molecule is C1CN2CC12.CC.CC(=O)Cc1ccccc1. The number of carbonyl (C=O) groups excluding carboxylic acids is 1. The lowest BCUT2D eigenvalue weighted by Crippen LogP contribution is -2.16. The molecule has 2 heteroatoms. The van der Waals surface area contributed by atoms with E-state index in [1.165, 1.54) is 19.5 Å². The molecule has 2 unspecified atom stereocenters. The predicted molar refractivity (Wildman–Crippen MR) is 72.2 cm³/mol. The summed E-state index contributed by atoms with van der Waals surface area (Å²) in [4.78, 5) is 13.1. The Morgan fingerprint density at radius 2 is 1.88 bits per heavy atom. The first-order chi connectivity index (χ1) is 8.25. The second-order valence-corrected chi connectivity index (χ2v) is 4.30. The third-order valence-corrected chi connectivity index (χ3v) is 2.87. The number of hydrogen-bond donors (Lipinski definition) is 0. The summed E-state index contributed by atoms with van der Waals surface area (Å²) in [7, 11) is 0. The molecule has 2 atom stereocenters. The van der Waals surface area contributed by atoms with E-state index in [9.17, 15) is 4.79 Å². The van der Waals surface area contributed by atoms with Crippen molar-refractivity contribution in [2.45, 2.75) is 39.7 Å². The summed E-state index contributed by atoms with van der Waals surface area (Å²) in [6.45, 7) is 8.41. The first-order valence-electron chi connectivity index (χ1n) is 6.53. The lowest BCUT2D eigenvalue weighted by Gasteiger charge is -2.08. The lowest BCUT2D eigenvalue weighted by atomic mass is 10.1. The Kier molecular flexibility index (Phi) is 5.92. The van der Waals surface area contributed by atoms with E-state index >= 15 is 0 Å². The van der Waals surface area contributed by atoms with Crippen LogP contribution in [-0.2, 0) is 11.2 Å². The van der Waals surface area contributed by atoms with Crippen molar-refractivity contribution in [1.29, 1.82) is 0 Å². The van der Waals surface area contributed by atoms with Crippen LogP contribution in [-0.4, -0.2) is 29.8 Å². The smallest absolute Gasteiger partial charge is 0.134 e. The molecule has 0 radical (unpaired) electrons. The molecular weight excluding hydrogens is 210 g/mol. The van der Waals surface area contributed by atoms with Crippen LogP contribution >= 0.6 is 0 Å². The summed E-state index contributed by atoms with van der Waals surface area (Å²) in [6.07, 6.45) is 2.04. The van der Waals surface area contributed by atoms with Gasteiger partial charge in [0.2, 0.25) is 0 Å². The number of ketones is 1. The third kappa shape index (κ3) is 5.14. The van der Waals surface area contributed by atoms with E-state index in [1.54, 1.807) is 6.92 Å². The van der Waals surface area contributed by atoms with E-state index in [-0.39, 0.29) is 5.78 Å². The van der Waals surface area contributed by atoms with Crippen LogP contribution in [0.25, 0.3) is 0 Å². The highest BCUT2D eigenvalue weighted by Crippen LogP contribution is 2.30. The van der Waals surface area contributed by atoms with E-state index in [1.807, 2.05) is 44.2 Å². The number of hydrogen-bond acceptors (Lipinski definition) is 2. The van der Waals surface area contributed by atoms with Gasteiger partial charge in [0.15, 0.2) is 0 Å². The maximum Gasteiger partial charge on any atom is 0.134 e. The van der Waals surface area contributed by atoms with Gasteiger partial charge in [-0.25, -0.2) is 0 Å². The topological polar surface area (TPSA) is 20.1 Å². The van der Waals surface area contributed by atoms with Crippen LogP contribution in [0.5, 0.6) is 0 Å². The molecule has 17 heavy (non-hydrogen) atoms. The minimum absolute atomic E-state index is 0.214. The van der Waals surface area contributed by atoms with Crippen molar-refractivity contribution in [2.75, 3.05) is 13.1 Å². The molecule has 3 rings (SSSR count). The minimum Gasteiger partial charge on any atom is -0.300 e. The maximum atomic E-state index is 10.6. The lowest BCUT2D eigenvalue weighted by molar-refractivity contribution is -0.116. The second-order valence-electron chi connectivity index (χ2n) is 4.30. The van der Waals surface area contributed by atoms with E-state index in [2.05, 4.69) is 4.90 Å². The van der Waals surface area contributed by atoms with Gasteiger partial charge in [-0.3, -0.25) is 9.69 Å². The first-order valence-corrected chi connectivity index (χ1v) is 6.53. The fourth-order valence-electron chi connectivity index (χ4n) is 1.78. The van der Waals surface area contributed by atoms with Crippen molar-refractivity contribution >= 4 is 5.78 Å². The molecule has 1 aromatic rings. The highest BCUT2D eigenvalue weighted by atomic mass is 16.1. The van der Waals surface area contributed by atoms with Gasteiger partial charge >= 0.3 is 0 Å². The summed E-state index contributed by atoms with van der Waals surface area (Å²) in [6, 6.07) is 10.8. The van der Waals surface area contributed by atoms with Gasteiger partial charge in [-0.1, -0.05) is 44.2 Å². The van der Waals surface area contributed by atoms with E-state index in [0.717, 1.165) is 11.6 Å². The van der Waals surface area contributed by atoms with Crippen LogP contribution in [0.1, 0.15) is 32.8 Å². The minimum atomic E-state index is 0.214. The normalized spacial score (nSPS) is 22.8. The highest BCUT2D eigenvalue weighted by Gasteiger charge is 2.41. The highest BCUT2D eigenvalue weighted by molar-refractivity contribution is 5.78. The van der Waals surface area contributed by atoms with Gasteiger partial charge in [0.05, 0.1) is 0 Å². The van der Waals surface area contributed by atoms with Gasteiger partial charge in [-0.15, -0.1) is 0 Å². The largest absolute Gasteiger partial charge is 0.300 e. The summed E-state index contributed by atoms with van der Waals surface area (Å²) in [5.74, 6) is 0.214. The van der Waals surface area contributed by atoms with Crippen molar-refractivity contribution in [3.05, 3.63) is 35.9 Å². The summed E-state index contributed by atoms with van der Waals surface area (Å²) < 4.78 is 0. The molecule has 0 amide bonds. The third-order valence-electron chi connectivity index (χ3n) is 2.87. The molecule has 1 aromatic carbocycles. The molecule has 0 N–H and O–H groups in total. The summed E-state index contributed by atoms with van der Waals surface area (Å²) in [5.41, 5.74) is 1.09. The Hall–Kier alpha value is -1.15. The zero-order valence-electron chi connectivity index (χ0n) is 11.1. The zero-order chi connectivity index (χ0) is 12.7. The number of rotatable bonds is 2. The summed E-state index contributed by atoms with van der Waals surface area (Å²) >= 11 is 0. The second kappa shape index (κ2) is 7.23. The number of nitrogens with zero attached hydrogens (tertiary/aromatic N) is 1. The zero-order valence-corrected chi connectivity index (χ0v) is 11.1. The van der Waals surface area contributed by atoms with Gasteiger partial charge in [0.25, 0.3) is 0 Å². The fourth-order valence-corrected chi connectivity index (χ4v) is 1.78. The molecule has 2 aliphatic rings. The number of carbonyl (C=O) groups is 1. The Morgan fingerprint density at radius 1 is 1.29 bits per heavy atom.